The molecule has 0 saturated heterocycles. The molecule has 1 heterocycles. The van der Waals surface area contributed by atoms with Gasteiger partial charge in [-0.1, -0.05) is 35.4 Å². The van der Waals surface area contributed by atoms with E-state index in [0.29, 0.717) is 15.6 Å². The first-order valence-corrected chi connectivity index (χ1v) is 5.44. The van der Waals surface area contributed by atoms with Crippen molar-refractivity contribution in [2.45, 2.75) is 0 Å². The van der Waals surface area contributed by atoms with Crippen molar-refractivity contribution in [3.05, 3.63) is 45.0 Å². The molecule has 6 heteroatoms. The summed E-state index contributed by atoms with van der Waals surface area (Å²) in [5.74, 6) is -0.596. The average molecular weight is 275 g/mol. The number of aromatic nitrogens is 2. The van der Waals surface area contributed by atoms with Gasteiger partial charge in [0, 0.05) is 10.6 Å². The molecule has 2 rings (SSSR count). The number of aromatic amines is 1. The van der Waals surface area contributed by atoms with Crippen molar-refractivity contribution < 1.29 is 4.39 Å². The highest BCUT2D eigenvalue weighted by molar-refractivity contribution is 7.71. The molecule has 1 aromatic carbocycles. The molecule has 0 radical (unpaired) electrons. The van der Waals surface area contributed by atoms with Gasteiger partial charge >= 0.3 is 0 Å². The molecule has 0 atom stereocenters. The number of halogens is 3. The summed E-state index contributed by atoms with van der Waals surface area (Å²) in [5.41, 5.74) is 0.707. The van der Waals surface area contributed by atoms with Crippen LogP contribution in [-0.4, -0.2) is 9.97 Å². The van der Waals surface area contributed by atoms with E-state index in [0.717, 1.165) is 0 Å². The van der Waals surface area contributed by atoms with Gasteiger partial charge in [0.15, 0.2) is 10.5 Å². The minimum atomic E-state index is -0.596. The lowest BCUT2D eigenvalue weighted by atomic mass is 10.1. The summed E-state index contributed by atoms with van der Waals surface area (Å²) in [6, 6.07) is 4.78. The predicted octanol–water partition coefficient (Wildman–Crippen LogP) is 4.25. The topological polar surface area (TPSA) is 28.7 Å². The van der Waals surface area contributed by atoms with Crippen molar-refractivity contribution in [1.29, 1.82) is 0 Å². The minimum Gasteiger partial charge on any atom is -0.343 e. The van der Waals surface area contributed by atoms with E-state index in [4.69, 9.17) is 35.4 Å². The van der Waals surface area contributed by atoms with Gasteiger partial charge in [-0.3, -0.25) is 0 Å². The van der Waals surface area contributed by atoms with Crippen LogP contribution in [-0.2, 0) is 0 Å². The summed E-state index contributed by atoms with van der Waals surface area (Å²) in [4.78, 5) is 6.30. The van der Waals surface area contributed by atoms with Gasteiger partial charge in [0.05, 0.1) is 17.0 Å². The van der Waals surface area contributed by atoms with Crippen LogP contribution in [0.3, 0.4) is 0 Å². The zero-order valence-electron chi connectivity index (χ0n) is 7.80. The van der Waals surface area contributed by atoms with E-state index in [1.165, 1.54) is 12.4 Å². The Hall–Kier alpha value is -0.970. The molecule has 0 amide bonds. The SMILES string of the molecule is Fc1c(-c2ccc(Cl)cc2Cl)[nH]cnc1=S. The Morgan fingerprint density at radius 3 is 2.75 bits per heavy atom. The number of hydrogen-bond donors (Lipinski definition) is 1. The molecular formula is C10H5Cl2FN2S. The smallest absolute Gasteiger partial charge is 0.183 e. The van der Waals surface area contributed by atoms with Gasteiger partial charge in [-0.2, -0.15) is 0 Å². The van der Waals surface area contributed by atoms with Gasteiger partial charge in [-0.05, 0) is 18.2 Å². The van der Waals surface area contributed by atoms with E-state index >= 15 is 0 Å². The summed E-state index contributed by atoms with van der Waals surface area (Å²) in [7, 11) is 0. The van der Waals surface area contributed by atoms with Crippen LogP contribution in [0.15, 0.2) is 24.5 Å². The van der Waals surface area contributed by atoms with Gasteiger partial charge in [0.1, 0.15) is 0 Å². The minimum absolute atomic E-state index is 0.0974. The fourth-order valence-corrected chi connectivity index (χ4v) is 1.93. The van der Waals surface area contributed by atoms with Gasteiger partial charge < -0.3 is 4.98 Å². The lowest BCUT2D eigenvalue weighted by molar-refractivity contribution is 0.613. The van der Waals surface area contributed by atoms with Crippen molar-refractivity contribution >= 4 is 35.4 Å². The fraction of sp³-hybridized carbons (Fsp3) is 0. The van der Waals surface area contributed by atoms with Gasteiger partial charge in [0.25, 0.3) is 0 Å². The molecule has 0 unspecified atom stereocenters. The Labute approximate surface area is 106 Å². The normalized spacial score (nSPS) is 10.4. The number of benzene rings is 1. The molecule has 0 bridgehead atoms. The van der Waals surface area contributed by atoms with E-state index in [-0.39, 0.29) is 10.3 Å². The number of nitrogens with zero attached hydrogens (tertiary/aromatic N) is 1. The van der Waals surface area contributed by atoms with E-state index in [2.05, 4.69) is 9.97 Å². The van der Waals surface area contributed by atoms with Gasteiger partial charge in [-0.25, -0.2) is 9.37 Å². The third-order valence-electron chi connectivity index (χ3n) is 2.00. The summed E-state index contributed by atoms with van der Waals surface area (Å²) in [6.45, 7) is 0. The molecule has 2 aromatic rings. The number of nitrogens with one attached hydrogen (secondary N) is 1. The van der Waals surface area contributed by atoms with Crippen LogP contribution in [0.1, 0.15) is 0 Å². The third kappa shape index (κ3) is 2.09. The number of hydrogen-bond acceptors (Lipinski definition) is 2. The Morgan fingerprint density at radius 2 is 2.06 bits per heavy atom. The Balaban J connectivity index is 2.68. The monoisotopic (exact) mass is 274 g/mol. The highest BCUT2D eigenvalue weighted by Gasteiger charge is 2.11. The molecule has 1 aromatic heterocycles. The maximum atomic E-state index is 13.7. The second-order valence-electron chi connectivity index (χ2n) is 3.02. The maximum Gasteiger partial charge on any atom is 0.183 e. The van der Waals surface area contributed by atoms with Crippen molar-refractivity contribution in [2.24, 2.45) is 0 Å². The molecule has 0 aliphatic rings. The second kappa shape index (κ2) is 4.49. The van der Waals surface area contributed by atoms with Crippen LogP contribution in [0.4, 0.5) is 4.39 Å². The van der Waals surface area contributed by atoms with E-state index in [9.17, 15) is 4.39 Å². The van der Waals surface area contributed by atoms with Crippen LogP contribution in [0.25, 0.3) is 11.3 Å². The molecule has 0 aliphatic heterocycles. The summed E-state index contributed by atoms with van der Waals surface area (Å²) < 4.78 is 13.6. The average Bonchev–Trinajstić information content (AvgIpc) is 2.23. The van der Waals surface area contributed by atoms with Gasteiger partial charge in [-0.15, -0.1) is 0 Å². The molecule has 0 fully saturated rings. The Bertz CT molecular complexity index is 598. The zero-order chi connectivity index (χ0) is 11.7. The molecule has 0 saturated carbocycles. The van der Waals surface area contributed by atoms with Crippen LogP contribution in [0.5, 0.6) is 0 Å². The van der Waals surface area contributed by atoms with E-state index < -0.39 is 5.82 Å². The van der Waals surface area contributed by atoms with Crippen LogP contribution in [0.2, 0.25) is 10.0 Å². The number of H-pyrrole nitrogens is 1. The first-order valence-electron chi connectivity index (χ1n) is 4.28. The standard InChI is InChI=1S/C10H5Cl2FN2S/c11-5-1-2-6(7(12)3-5)9-8(13)10(16)15-4-14-9/h1-4H,(H,14,15,16). The summed E-state index contributed by atoms with van der Waals surface area (Å²) >= 11 is 16.5. The molecule has 16 heavy (non-hydrogen) atoms. The highest BCUT2D eigenvalue weighted by atomic mass is 35.5. The largest absolute Gasteiger partial charge is 0.343 e. The second-order valence-corrected chi connectivity index (χ2v) is 4.25. The third-order valence-corrected chi connectivity index (χ3v) is 2.83. The first kappa shape index (κ1) is 11.5. The summed E-state index contributed by atoms with van der Waals surface area (Å²) in [6.07, 6.45) is 1.33. The molecule has 82 valence electrons. The van der Waals surface area contributed by atoms with E-state index in [1.807, 2.05) is 0 Å². The van der Waals surface area contributed by atoms with Gasteiger partial charge in [0.2, 0.25) is 0 Å². The zero-order valence-corrected chi connectivity index (χ0v) is 10.1. The van der Waals surface area contributed by atoms with E-state index in [1.54, 1.807) is 12.1 Å². The predicted molar refractivity (Wildman–Crippen MR) is 64.8 cm³/mol. The highest BCUT2D eigenvalue weighted by Crippen LogP contribution is 2.30. The number of rotatable bonds is 1. The van der Waals surface area contributed by atoms with Crippen LogP contribution >= 0.6 is 35.4 Å². The van der Waals surface area contributed by atoms with Crippen molar-refractivity contribution in [1.82, 2.24) is 9.97 Å². The van der Waals surface area contributed by atoms with Crippen LogP contribution in [0, 0.1) is 10.5 Å². The van der Waals surface area contributed by atoms with Crippen LogP contribution < -0.4 is 0 Å². The molecule has 1 N–H and O–H groups in total. The first-order chi connectivity index (χ1) is 7.59. The van der Waals surface area contributed by atoms with Crippen molar-refractivity contribution in [3.8, 4) is 11.3 Å². The van der Waals surface area contributed by atoms with Crippen molar-refractivity contribution in [3.63, 3.8) is 0 Å². The molecular weight excluding hydrogens is 270 g/mol. The maximum absolute atomic E-state index is 13.7. The van der Waals surface area contributed by atoms with Crippen molar-refractivity contribution in [2.75, 3.05) is 0 Å². The lowest BCUT2D eigenvalue weighted by Crippen LogP contribution is -1.93. The Kier molecular flexibility index (Phi) is 3.23. The Morgan fingerprint density at radius 1 is 1.31 bits per heavy atom. The molecule has 0 spiro atoms. The molecule has 0 aliphatic carbocycles. The molecule has 2 nitrogen and oxygen atoms in total. The lowest BCUT2D eigenvalue weighted by Gasteiger charge is -2.05. The fourth-order valence-electron chi connectivity index (χ4n) is 1.27. The quantitative estimate of drug-likeness (QED) is 0.788. The summed E-state index contributed by atoms with van der Waals surface area (Å²) in [5, 5.41) is 0.838.